The van der Waals surface area contributed by atoms with Gasteiger partial charge in [-0.15, -0.1) is 5.10 Å². The molecule has 0 fully saturated rings. The van der Waals surface area contributed by atoms with E-state index in [1.165, 1.54) is 11.5 Å². The first-order valence-corrected chi connectivity index (χ1v) is 5.33. The Morgan fingerprint density at radius 1 is 1.57 bits per heavy atom. The lowest BCUT2D eigenvalue weighted by molar-refractivity contribution is 0.147. The van der Waals surface area contributed by atoms with Crippen LogP contribution in [0.1, 0.15) is 12.6 Å². The second kappa shape index (κ2) is 5.90. The molecule has 0 aliphatic rings. The lowest BCUT2D eigenvalue weighted by atomic mass is 10.4. The van der Waals surface area contributed by atoms with E-state index in [-0.39, 0.29) is 0 Å². The van der Waals surface area contributed by atoms with Crippen LogP contribution in [0, 0.1) is 0 Å². The molecule has 6 heteroatoms. The van der Waals surface area contributed by atoms with Crippen molar-refractivity contribution in [2.45, 2.75) is 13.5 Å². The van der Waals surface area contributed by atoms with Crippen molar-refractivity contribution < 1.29 is 4.74 Å². The first-order chi connectivity index (χ1) is 6.77. The third-order valence-corrected chi connectivity index (χ3v) is 2.61. The fourth-order valence-corrected chi connectivity index (χ4v) is 1.54. The average molecular weight is 216 g/mol. The van der Waals surface area contributed by atoms with Crippen LogP contribution in [0.2, 0.25) is 0 Å². The third kappa shape index (κ3) is 3.21. The van der Waals surface area contributed by atoms with Gasteiger partial charge in [-0.2, -0.15) is 0 Å². The van der Waals surface area contributed by atoms with E-state index in [9.17, 15) is 0 Å². The van der Waals surface area contributed by atoms with Gasteiger partial charge in [-0.05, 0) is 6.54 Å². The Bertz CT molecular complexity index is 266. The Morgan fingerprint density at radius 3 is 2.86 bits per heavy atom. The number of likely N-dealkylation sites (N-methyl/N-ethyl adjacent to an activating group) is 1. The number of methoxy groups -OCH3 is 1. The quantitative estimate of drug-likeness (QED) is 0.754. The van der Waals surface area contributed by atoms with E-state index in [1.807, 2.05) is 0 Å². The molecule has 0 amide bonds. The molecule has 0 aliphatic carbocycles. The van der Waals surface area contributed by atoms with Crippen molar-refractivity contribution in [3.05, 3.63) is 5.69 Å². The monoisotopic (exact) mass is 216 g/mol. The highest BCUT2D eigenvalue weighted by Gasteiger charge is 2.09. The van der Waals surface area contributed by atoms with E-state index in [0.717, 1.165) is 31.9 Å². The van der Waals surface area contributed by atoms with Crippen LogP contribution in [0.15, 0.2) is 0 Å². The topological polar surface area (TPSA) is 64.3 Å². The Labute approximate surface area is 88.0 Å². The average Bonchev–Trinajstić information content (AvgIpc) is 2.59. The van der Waals surface area contributed by atoms with Crippen LogP contribution < -0.4 is 5.73 Å². The third-order valence-electron chi connectivity index (χ3n) is 2.02. The first-order valence-electron chi connectivity index (χ1n) is 4.56. The molecule has 1 rings (SSSR count). The summed E-state index contributed by atoms with van der Waals surface area (Å²) in [5.74, 6) is 0. The normalized spacial score (nSPS) is 11.1. The zero-order chi connectivity index (χ0) is 10.4. The highest BCUT2D eigenvalue weighted by Crippen LogP contribution is 2.14. The molecule has 0 spiro atoms. The molecule has 0 radical (unpaired) electrons. The number of aromatic nitrogens is 2. The lowest BCUT2D eigenvalue weighted by Gasteiger charge is -2.18. The molecule has 14 heavy (non-hydrogen) atoms. The number of nitrogen functional groups attached to an aromatic ring is 1. The van der Waals surface area contributed by atoms with E-state index in [1.54, 1.807) is 7.11 Å². The molecule has 0 aliphatic heterocycles. The van der Waals surface area contributed by atoms with Crippen molar-refractivity contribution in [3.8, 4) is 0 Å². The molecule has 0 saturated heterocycles. The lowest BCUT2D eigenvalue weighted by Crippen LogP contribution is -2.27. The maximum absolute atomic E-state index is 5.71. The summed E-state index contributed by atoms with van der Waals surface area (Å²) in [6, 6.07) is 0. The molecule has 1 aromatic heterocycles. The summed E-state index contributed by atoms with van der Waals surface area (Å²) in [5, 5.41) is 4.68. The molecular weight excluding hydrogens is 200 g/mol. The van der Waals surface area contributed by atoms with Gasteiger partial charge in [0, 0.05) is 31.7 Å². The van der Waals surface area contributed by atoms with E-state index < -0.39 is 0 Å². The minimum absolute atomic E-state index is 0.709. The zero-order valence-electron chi connectivity index (χ0n) is 8.56. The van der Waals surface area contributed by atoms with Crippen molar-refractivity contribution in [2.75, 3.05) is 32.5 Å². The number of anilines is 1. The summed E-state index contributed by atoms with van der Waals surface area (Å²) in [7, 11) is 1.70. The van der Waals surface area contributed by atoms with Crippen LogP contribution in [0.5, 0.6) is 0 Å². The summed E-state index contributed by atoms with van der Waals surface area (Å²) in [5.41, 5.74) is 6.58. The van der Waals surface area contributed by atoms with E-state index >= 15 is 0 Å². The maximum atomic E-state index is 5.71. The SMILES string of the molecule is CCN(CCOC)Cc1nnsc1N. The van der Waals surface area contributed by atoms with Crippen LogP contribution in [0.3, 0.4) is 0 Å². The molecule has 0 bridgehead atoms. The van der Waals surface area contributed by atoms with Gasteiger partial charge >= 0.3 is 0 Å². The van der Waals surface area contributed by atoms with Gasteiger partial charge in [-0.25, -0.2) is 0 Å². The minimum Gasteiger partial charge on any atom is -0.388 e. The molecule has 1 heterocycles. The number of hydrogen-bond acceptors (Lipinski definition) is 6. The summed E-state index contributed by atoms with van der Waals surface area (Å²) >= 11 is 1.24. The van der Waals surface area contributed by atoms with Crippen molar-refractivity contribution >= 4 is 16.5 Å². The number of hydrogen-bond donors (Lipinski definition) is 1. The van der Waals surface area contributed by atoms with Gasteiger partial charge in [0.1, 0.15) is 10.7 Å². The summed E-state index contributed by atoms with van der Waals surface area (Å²) in [6.45, 7) is 5.43. The van der Waals surface area contributed by atoms with Gasteiger partial charge < -0.3 is 10.5 Å². The smallest absolute Gasteiger partial charge is 0.132 e. The second-order valence-electron chi connectivity index (χ2n) is 2.95. The predicted molar refractivity (Wildman–Crippen MR) is 57.1 cm³/mol. The molecule has 0 saturated carbocycles. The Balaban J connectivity index is 2.44. The molecule has 1 aromatic rings. The predicted octanol–water partition coefficient (Wildman–Crippen LogP) is 0.589. The molecule has 0 unspecified atom stereocenters. The van der Waals surface area contributed by atoms with Crippen LogP contribution in [0.4, 0.5) is 5.00 Å². The number of rotatable bonds is 6. The van der Waals surface area contributed by atoms with Crippen molar-refractivity contribution in [1.29, 1.82) is 0 Å². The Hall–Kier alpha value is -0.720. The second-order valence-corrected chi connectivity index (χ2v) is 3.73. The van der Waals surface area contributed by atoms with Crippen LogP contribution in [-0.2, 0) is 11.3 Å². The molecule has 80 valence electrons. The van der Waals surface area contributed by atoms with E-state index in [0.29, 0.717) is 5.00 Å². The van der Waals surface area contributed by atoms with Gasteiger partial charge in [-0.1, -0.05) is 11.4 Å². The summed E-state index contributed by atoms with van der Waals surface area (Å²) < 4.78 is 8.82. The first kappa shape index (κ1) is 11.4. The highest BCUT2D eigenvalue weighted by atomic mass is 32.1. The van der Waals surface area contributed by atoms with Crippen LogP contribution in [0.25, 0.3) is 0 Å². The van der Waals surface area contributed by atoms with Gasteiger partial charge in [0.25, 0.3) is 0 Å². The molecular formula is C8H16N4OS. The zero-order valence-corrected chi connectivity index (χ0v) is 9.38. The van der Waals surface area contributed by atoms with Gasteiger partial charge in [-0.3, -0.25) is 4.90 Å². The molecule has 5 nitrogen and oxygen atoms in total. The fourth-order valence-electron chi connectivity index (χ4n) is 1.11. The van der Waals surface area contributed by atoms with Gasteiger partial charge in [0.2, 0.25) is 0 Å². The van der Waals surface area contributed by atoms with E-state index in [2.05, 4.69) is 21.4 Å². The van der Waals surface area contributed by atoms with Crippen LogP contribution >= 0.6 is 11.5 Å². The molecule has 2 N–H and O–H groups in total. The van der Waals surface area contributed by atoms with E-state index in [4.69, 9.17) is 10.5 Å². The Morgan fingerprint density at radius 2 is 2.36 bits per heavy atom. The fraction of sp³-hybridized carbons (Fsp3) is 0.750. The number of nitrogens with zero attached hydrogens (tertiary/aromatic N) is 3. The largest absolute Gasteiger partial charge is 0.388 e. The van der Waals surface area contributed by atoms with Crippen molar-refractivity contribution in [3.63, 3.8) is 0 Å². The van der Waals surface area contributed by atoms with Crippen molar-refractivity contribution in [1.82, 2.24) is 14.5 Å². The number of nitrogens with two attached hydrogens (primary N) is 1. The van der Waals surface area contributed by atoms with Crippen LogP contribution in [-0.4, -0.2) is 41.3 Å². The van der Waals surface area contributed by atoms with Gasteiger partial charge in [0.15, 0.2) is 0 Å². The highest BCUT2D eigenvalue weighted by molar-refractivity contribution is 7.09. The molecule has 0 aromatic carbocycles. The maximum Gasteiger partial charge on any atom is 0.132 e. The summed E-state index contributed by atoms with van der Waals surface area (Å²) in [6.07, 6.45) is 0. The Kier molecular flexibility index (Phi) is 4.78. The minimum atomic E-state index is 0.709. The number of ether oxygens (including phenoxy) is 1. The van der Waals surface area contributed by atoms with Crippen molar-refractivity contribution in [2.24, 2.45) is 0 Å². The van der Waals surface area contributed by atoms with Gasteiger partial charge in [0.05, 0.1) is 6.61 Å². The molecule has 0 atom stereocenters. The standard InChI is InChI=1S/C8H16N4OS/c1-3-12(4-5-13-2)6-7-8(9)14-11-10-7/h3-6,9H2,1-2H3. The summed E-state index contributed by atoms with van der Waals surface area (Å²) in [4.78, 5) is 2.22.